The molecule has 1 amide bonds. The number of anilines is 1. The second kappa shape index (κ2) is 7.13. The topological polar surface area (TPSA) is 111 Å². The third-order valence-electron chi connectivity index (χ3n) is 2.73. The molecule has 22 heavy (non-hydrogen) atoms. The number of amides is 1. The summed E-state index contributed by atoms with van der Waals surface area (Å²) in [6.07, 6.45) is -2.32. The number of nitrogens with two attached hydrogens (primary N) is 1. The normalized spacial score (nSPS) is 13.9. The van der Waals surface area contributed by atoms with E-state index in [2.05, 4.69) is 10.1 Å². The number of alkyl carbamates (subject to hydrolysis) is 1. The Morgan fingerprint density at radius 1 is 1.23 bits per heavy atom. The highest BCUT2D eigenvalue weighted by Crippen LogP contribution is 2.20. The monoisotopic (exact) mass is 310 g/mol. The zero-order chi connectivity index (χ0) is 16.9. The van der Waals surface area contributed by atoms with E-state index in [9.17, 15) is 14.7 Å². The Morgan fingerprint density at radius 3 is 2.23 bits per heavy atom. The first-order chi connectivity index (χ1) is 10.1. The average Bonchev–Trinajstić information content (AvgIpc) is 2.42. The molecular formula is C15H22N2O5. The summed E-state index contributed by atoms with van der Waals surface area (Å²) in [6, 6.07) is 5.39. The van der Waals surface area contributed by atoms with Crippen LogP contribution in [-0.4, -0.2) is 36.0 Å². The summed E-state index contributed by atoms with van der Waals surface area (Å²) in [4.78, 5) is 23.5. The van der Waals surface area contributed by atoms with Gasteiger partial charge in [0.15, 0.2) is 6.10 Å². The van der Waals surface area contributed by atoms with Gasteiger partial charge in [0.05, 0.1) is 13.2 Å². The van der Waals surface area contributed by atoms with E-state index in [1.165, 1.54) is 0 Å². The number of hydrogen-bond donors (Lipinski definition) is 3. The number of methoxy groups -OCH3 is 1. The number of aliphatic hydroxyl groups excluding tert-OH is 1. The highest BCUT2D eigenvalue weighted by atomic mass is 16.6. The van der Waals surface area contributed by atoms with E-state index in [4.69, 9.17) is 10.5 Å². The summed E-state index contributed by atoms with van der Waals surface area (Å²) in [6.45, 7) is 5.13. The van der Waals surface area contributed by atoms with Crippen LogP contribution in [0.25, 0.3) is 0 Å². The molecule has 0 saturated heterocycles. The summed E-state index contributed by atoms with van der Waals surface area (Å²) in [5.41, 5.74) is 5.92. The zero-order valence-electron chi connectivity index (χ0n) is 13.1. The van der Waals surface area contributed by atoms with Crippen molar-refractivity contribution >= 4 is 17.7 Å². The number of carbonyl (C=O) groups is 2. The van der Waals surface area contributed by atoms with E-state index in [-0.39, 0.29) is 0 Å². The number of aliphatic hydroxyl groups is 1. The molecular weight excluding hydrogens is 288 g/mol. The second-order valence-electron chi connectivity index (χ2n) is 5.76. The van der Waals surface area contributed by atoms with Crippen LogP contribution in [0.1, 0.15) is 32.4 Å². The molecule has 0 aliphatic heterocycles. The molecule has 0 fully saturated rings. The summed E-state index contributed by atoms with van der Waals surface area (Å²) in [5.74, 6) is -0.863. The fourth-order valence-electron chi connectivity index (χ4n) is 1.74. The van der Waals surface area contributed by atoms with E-state index in [1.54, 1.807) is 45.0 Å². The molecule has 0 unspecified atom stereocenters. The average molecular weight is 310 g/mol. The summed E-state index contributed by atoms with van der Waals surface area (Å²) in [7, 11) is 1.15. The van der Waals surface area contributed by atoms with Crippen molar-refractivity contribution in [2.24, 2.45) is 0 Å². The van der Waals surface area contributed by atoms with E-state index < -0.39 is 29.8 Å². The first-order valence-corrected chi connectivity index (χ1v) is 6.75. The highest BCUT2D eigenvalue weighted by Gasteiger charge is 2.31. The van der Waals surface area contributed by atoms with Gasteiger partial charge in [-0.05, 0) is 38.5 Å². The Balaban J connectivity index is 2.99. The van der Waals surface area contributed by atoms with Gasteiger partial charge in [0.2, 0.25) is 0 Å². The molecule has 4 N–H and O–H groups in total. The highest BCUT2D eigenvalue weighted by molar-refractivity contribution is 5.77. The standard InChI is InChI=1S/C15H22N2O5/c1-15(2,3)22-14(20)17-11(12(18)13(19)21-4)9-5-7-10(16)8-6-9/h5-8,11-12,18H,16H2,1-4H3,(H,17,20)/t11-,12+/m1/s1. The van der Waals surface area contributed by atoms with Gasteiger partial charge in [0.1, 0.15) is 5.60 Å². The maximum Gasteiger partial charge on any atom is 0.408 e. The number of rotatable bonds is 4. The van der Waals surface area contributed by atoms with Crippen LogP contribution < -0.4 is 11.1 Å². The number of esters is 1. The van der Waals surface area contributed by atoms with Gasteiger partial charge in [-0.25, -0.2) is 9.59 Å². The van der Waals surface area contributed by atoms with Crippen molar-refractivity contribution < 1.29 is 24.2 Å². The lowest BCUT2D eigenvalue weighted by molar-refractivity contribution is -0.152. The molecule has 7 nitrogen and oxygen atoms in total. The van der Waals surface area contributed by atoms with E-state index in [1.807, 2.05) is 0 Å². The zero-order valence-corrected chi connectivity index (χ0v) is 13.1. The molecule has 0 aliphatic rings. The lowest BCUT2D eigenvalue weighted by Gasteiger charge is -2.26. The van der Waals surface area contributed by atoms with Crippen molar-refractivity contribution in [1.82, 2.24) is 5.32 Å². The Bertz CT molecular complexity index is 522. The largest absolute Gasteiger partial charge is 0.467 e. The summed E-state index contributed by atoms with van der Waals surface area (Å²) < 4.78 is 9.65. The SMILES string of the molecule is COC(=O)[C@@H](O)[C@H](NC(=O)OC(C)(C)C)c1ccc(N)cc1. The van der Waals surface area contributed by atoms with Gasteiger partial charge in [-0.2, -0.15) is 0 Å². The molecule has 0 aromatic heterocycles. The lowest BCUT2D eigenvalue weighted by Crippen LogP contribution is -2.43. The van der Waals surface area contributed by atoms with Gasteiger partial charge in [-0.1, -0.05) is 12.1 Å². The molecule has 0 radical (unpaired) electrons. The van der Waals surface area contributed by atoms with Crippen LogP contribution in [-0.2, 0) is 14.3 Å². The quantitative estimate of drug-likeness (QED) is 0.572. The van der Waals surface area contributed by atoms with Gasteiger partial charge in [0, 0.05) is 5.69 Å². The molecule has 0 bridgehead atoms. The van der Waals surface area contributed by atoms with Crippen LogP contribution in [0, 0.1) is 0 Å². The molecule has 0 heterocycles. The second-order valence-corrected chi connectivity index (χ2v) is 5.76. The summed E-state index contributed by atoms with van der Waals surface area (Å²) >= 11 is 0. The van der Waals surface area contributed by atoms with Gasteiger partial charge in [-0.3, -0.25) is 0 Å². The number of carbonyl (C=O) groups excluding carboxylic acids is 2. The number of hydrogen-bond acceptors (Lipinski definition) is 6. The number of benzene rings is 1. The number of nitrogen functional groups attached to an aromatic ring is 1. The van der Waals surface area contributed by atoms with Gasteiger partial charge in [-0.15, -0.1) is 0 Å². The van der Waals surface area contributed by atoms with Crippen LogP contribution in [0.4, 0.5) is 10.5 Å². The fraction of sp³-hybridized carbons (Fsp3) is 0.467. The van der Waals surface area contributed by atoms with Crippen molar-refractivity contribution in [2.45, 2.75) is 38.5 Å². The lowest BCUT2D eigenvalue weighted by atomic mass is 10.0. The third-order valence-corrected chi connectivity index (χ3v) is 2.73. The Hall–Kier alpha value is -2.28. The predicted molar refractivity (Wildman–Crippen MR) is 81.0 cm³/mol. The molecule has 1 aromatic carbocycles. The van der Waals surface area contributed by atoms with Crippen molar-refractivity contribution in [3.05, 3.63) is 29.8 Å². The minimum Gasteiger partial charge on any atom is -0.467 e. The Labute approximate surface area is 129 Å². The minimum atomic E-state index is -1.57. The predicted octanol–water partition coefficient (Wildman–Crippen LogP) is 1.37. The van der Waals surface area contributed by atoms with E-state index >= 15 is 0 Å². The van der Waals surface area contributed by atoms with Crippen LogP contribution in [0.15, 0.2) is 24.3 Å². The van der Waals surface area contributed by atoms with Crippen LogP contribution in [0.5, 0.6) is 0 Å². The first kappa shape index (κ1) is 17.8. The number of nitrogens with one attached hydrogen (secondary N) is 1. The van der Waals surface area contributed by atoms with Gasteiger partial charge >= 0.3 is 12.1 Å². The Morgan fingerprint density at radius 2 is 1.77 bits per heavy atom. The van der Waals surface area contributed by atoms with Gasteiger partial charge in [0.25, 0.3) is 0 Å². The maximum absolute atomic E-state index is 11.9. The third kappa shape index (κ3) is 5.25. The molecule has 7 heteroatoms. The summed E-state index contributed by atoms with van der Waals surface area (Å²) in [5, 5.41) is 12.5. The fourth-order valence-corrected chi connectivity index (χ4v) is 1.74. The molecule has 0 spiro atoms. The van der Waals surface area contributed by atoms with E-state index in [0.717, 1.165) is 7.11 Å². The van der Waals surface area contributed by atoms with Gasteiger partial charge < -0.3 is 25.6 Å². The molecule has 2 atom stereocenters. The van der Waals surface area contributed by atoms with E-state index in [0.29, 0.717) is 11.3 Å². The van der Waals surface area contributed by atoms with Crippen LogP contribution >= 0.6 is 0 Å². The Kier molecular flexibility index (Phi) is 5.76. The van der Waals surface area contributed by atoms with Crippen LogP contribution in [0.3, 0.4) is 0 Å². The molecule has 1 rings (SSSR count). The van der Waals surface area contributed by atoms with Crippen LogP contribution in [0.2, 0.25) is 0 Å². The first-order valence-electron chi connectivity index (χ1n) is 6.75. The minimum absolute atomic E-state index is 0.498. The number of ether oxygens (including phenoxy) is 2. The smallest absolute Gasteiger partial charge is 0.408 e. The van der Waals surface area contributed by atoms with Crippen molar-refractivity contribution in [3.8, 4) is 0 Å². The molecule has 0 aliphatic carbocycles. The maximum atomic E-state index is 11.9. The van der Waals surface area contributed by atoms with Crippen molar-refractivity contribution in [2.75, 3.05) is 12.8 Å². The molecule has 122 valence electrons. The van der Waals surface area contributed by atoms with Crippen molar-refractivity contribution in [3.63, 3.8) is 0 Å². The van der Waals surface area contributed by atoms with Crippen molar-refractivity contribution in [1.29, 1.82) is 0 Å². The molecule has 1 aromatic rings. The molecule has 0 saturated carbocycles.